The second-order valence-corrected chi connectivity index (χ2v) is 6.10. The van der Waals surface area contributed by atoms with E-state index in [-0.39, 0.29) is 5.78 Å². The maximum atomic E-state index is 12.1. The van der Waals surface area contributed by atoms with Gasteiger partial charge < -0.3 is 0 Å². The quantitative estimate of drug-likeness (QED) is 0.758. The largest absolute Gasteiger partial charge is 0.298 e. The number of ketones is 1. The number of pyridine rings is 1. The zero-order valence-electron chi connectivity index (χ0n) is 10.7. The highest BCUT2D eigenvalue weighted by molar-refractivity contribution is 9.10. The molecule has 0 unspecified atom stereocenters. The third kappa shape index (κ3) is 4.23. The van der Waals surface area contributed by atoms with Crippen LogP contribution in [-0.4, -0.2) is 35.8 Å². The maximum absolute atomic E-state index is 12.1. The van der Waals surface area contributed by atoms with Crippen LogP contribution >= 0.6 is 27.3 Å². The molecule has 5 heteroatoms. The maximum Gasteiger partial charge on any atom is 0.187 e. The van der Waals surface area contributed by atoms with Gasteiger partial charge in [-0.05, 0) is 46.6 Å². The second kappa shape index (κ2) is 6.93. The molecule has 0 saturated carbocycles. The van der Waals surface area contributed by atoms with Crippen molar-refractivity contribution in [1.29, 1.82) is 0 Å². The molecule has 2 rings (SSSR count). The van der Waals surface area contributed by atoms with E-state index < -0.39 is 0 Å². The molecule has 0 aliphatic carbocycles. The smallest absolute Gasteiger partial charge is 0.187 e. The average molecular weight is 339 g/mol. The Morgan fingerprint density at radius 2 is 2.26 bits per heavy atom. The van der Waals surface area contributed by atoms with E-state index in [0.29, 0.717) is 6.54 Å². The highest BCUT2D eigenvalue weighted by Crippen LogP contribution is 2.23. The molecule has 0 amide bonds. The molecule has 0 saturated heterocycles. The van der Waals surface area contributed by atoms with E-state index in [1.807, 2.05) is 41.6 Å². The number of hydrogen-bond donors (Lipinski definition) is 0. The van der Waals surface area contributed by atoms with Crippen LogP contribution in [-0.2, 0) is 6.42 Å². The van der Waals surface area contributed by atoms with Crippen molar-refractivity contribution in [3.05, 3.63) is 50.9 Å². The monoisotopic (exact) mass is 338 g/mol. The predicted molar refractivity (Wildman–Crippen MR) is 81.8 cm³/mol. The molecule has 19 heavy (non-hydrogen) atoms. The van der Waals surface area contributed by atoms with Crippen LogP contribution in [0.15, 0.2) is 40.3 Å². The third-order valence-electron chi connectivity index (χ3n) is 2.76. The number of hydrogen-bond acceptors (Lipinski definition) is 4. The minimum absolute atomic E-state index is 0.158. The van der Waals surface area contributed by atoms with Crippen LogP contribution in [0.5, 0.6) is 0 Å². The molecule has 0 aliphatic heterocycles. The van der Waals surface area contributed by atoms with Gasteiger partial charge in [-0.25, -0.2) is 0 Å². The molecule has 2 aromatic heterocycles. The van der Waals surface area contributed by atoms with Crippen molar-refractivity contribution < 1.29 is 4.79 Å². The average Bonchev–Trinajstić information content (AvgIpc) is 2.84. The van der Waals surface area contributed by atoms with Gasteiger partial charge in [-0.3, -0.25) is 14.7 Å². The molecular weight excluding hydrogens is 324 g/mol. The number of Topliss-reactive ketones (excluding diaryl/α,β-unsaturated/α-hetero) is 1. The van der Waals surface area contributed by atoms with Gasteiger partial charge in [0.05, 0.1) is 11.4 Å². The summed E-state index contributed by atoms with van der Waals surface area (Å²) in [6.45, 7) is 1.26. The molecule has 0 N–H and O–H groups in total. The lowest BCUT2D eigenvalue weighted by molar-refractivity contribution is 0.0950. The summed E-state index contributed by atoms with van der Waals surface area (Å²) in [6.07, 6.45) is 2.65. The van der Waals surface area contributed by atoms with Crippen molar-refractivity contribution in [3.8, 4) is 0 Å². The minimum atomic E-state index is 0.158. The molecule has 0 bridgehead atoms. The molecule has 0 aliphatic rings. The van der Waals surface area contributed by atoms with Gasteiger partial charge in [0.2, 0.25) is 0 Å². The van der Waals surface area contributed by atoms with Crippen LogP contribution in [0.1, 0.15) is 15.4 Å². The van der Waals surface area contributed by atoms with E-state index in [1.165, 1.54) is 11.3 Å². The standard InChI is InChI=1S/C14H15BrN2OS/c1-17(8-5-11-4-2-3-7-16-11)10-13(18)14-12(15)6-9-19-14/h2-4,6-7,9H,5,8,10H2,1H3. The molecule has 0 radical (unpaired) electrons. The van der Waals surface area contributed by atoms with Gasteiger partial charge in [0.25, 0.3) is 0 Å². The van der Waals surface area contributed by atoms with Crippen molar-refractivity contribution in [1.82, 2.24) is 9.88 Å². The van der Waals surface area contributed by atoms with Crippen LogP contribution in [0.4, 0.5) is 0 Å². The lowest BCUT2D eigenvalue weighted by Gasteiger charge is -2.14. The van der Waals surface area contributed by atoms with Crippen molar-refractivity contribution in [3.63, 3.8) is 0 Å². The fourth-order valence-electron chi connectivity index (χ4n) is 1.74. The Kier molecular flexibility index (Phi) is 5.24. The molecule has 100 valence electrons. The van der Waals surface area contributed by atoms with E-state index in [4.69, 9.17) is 0 Å². The fourth-order valence-corrected chi connectivity index (χ4v) is 3.27. The Labute approximate surface area is 125 Å². The van der Waals surface area contributed by atoms with Crippen molar-refractivity contribution in [2.75, 3.05) is 20.1 Å². The van der Waals surface area contributed by atoms with Gasteiger partial charge in [0.15, 0.2) is 5.78 Å². The Balaban J connectivity index is 1.83. The van der Waals surface area contributed by atoms with Gasteiger partial charge >= 0.3 is 0 Å². The van der Waals surface area contributed by atoms with E-state index in [2.05, 4.69) is 20.9 Å². The molecule has 0 spiro atoms. The van der Waals surface area contributed by atoms with Crippen LogP contribution in [0.25, 0.3) is 0 Å². The van der Waals surface area contributed by atoms with Gasteiger partial charge in [-0.15, -0.1) is 11.3 Å². The number of nitrogens with zero attached hydrogens (tertiary/aromatic N) is 2. The number of aromatic nitrogens is 1. The van der Waals surface area contributed by atoms with Gasteiger partial charge in [-0.1, -0.05) is 6.07 Å². The SMILES string of the molecule is CN(CCc1ccccn1)CC(=O)c1sccc1Br. The summed E-state index contributed by atoms with van der Waals surface area (Å²) in [4.78, 5) is 19.2. The zero-order valence-corrected chi connectivity index (χ0v) is 13.1. The number of rotatable bonds is 6. The van der Waals surface area contributed by atoms with E-state index in [0.717, 1.165) is 28.0 Å². The number of carbonyl (C=O) groups is 1. The highest BCUT2D eigenvalue weighted by atomic mass is 79.9. The van der Waals surface area contributed by atoms with Crippen molar-refractivity contribution in [2.24, 2.45) is 0 Å². The molecule has 0 fully saturated rings. The van der Waals surface area contributed by atoms with E-state index >= 15 is 0 Å². The first-order valence-corrected chi connectivity index (χ1v) is 7.68. The predicted octanol–water partition coefficient (Wildman–Crippen LogP) is 3.26. The number of carbonyl (C=O) groups excluding carboxylic acids is 1. The molecule has 2 aromatic rings. The first-order chi connectivity index (χ1) is 9.16. The normalized spacial score (nSPS) is 10.9. The molecule has 3 nitrogen and oxygen atoms in total. The summed E-state index contributed by atoms with van der Waals surface area (Å²) in [5.74, 6) is 0.158. The Bertz CT molecular complexity index is 541. The zero-order chi connectivity index (χ0) is 13.7. The summed E-state index contributed by atoms with van der Waals surface area (Å²) in [5, 5.41) is 1.92. The van der Waals surface area contributed by atoms with Crippen LogP contribution in [0.2, 0.25) is 0 Å². The number of thiophene rings is 1. The van der Waals surface area contributed by atoms with E-state index in [9.17, 15) is 4.79 Å². The highest BCUT2D eigenvalue weighted by Gasteiger charge is 2.13. The minimum Gasteiger partial charge on any atom is -0.298 e. The Hall–Kier alpha value is -1.04. The Morgan fingerprint density at radius 3 is 2.89 bits per heavy atom. The lowest BCUT2D eigenvalue weighted by atomic mass is 10.2. The molecule has 2 heterocycles. The summed E-state index contributed by atoms with van der Waals surface area (Å²) in [7, 11) is 1.96. The fraction of sp³-hybridized carbons (Fsp3) is 0.286. The topological polar surface area (TPSA) is 33.2 Å². The van der Waals surface area contributed by atoms with Crippen LogP contribution < -0.4 is 0 Å². The summed E-state index contributed by atoms with van der Waals surface area (Å²) >= 11 is 4.87. The van der Waals surface area contributed by atoms with Gasteiger partial charge in [0.1, 0.15) is 0 Å². The first kappa shape index (κ1) is 14.4. The van der Waals surface area contributed by atoms with Crippen molar-refractivity contribution in [2.45, 2.75) is 6.42 Å². The molecular formula is C14H15BrN2OS. The van der Waals surface area contributed by atoms with Crippen LogP contribution in [0, 0.1) is 0 Å². The molecule has 0 aromatic carbocycles. The summed E-state index contributed by atoms with van der Waals surface area (Å²) in [5.41, 5.74) is 1.05. The van der Waals surface area contributed by atoms with Crippen molar-refractivity contribution >= 4 is 33.0 Å². The number of likely N-dealkylation sites (N-methyl/N-ethyl adjacent to an activating group) is 1. The summed E-state index contributed by atoms with van der Waals surface area (Å²) < 4.78 is 0.889. The third-order valence-corrected chi connectivity index (χ3v) is 4.64. The van der Waals surface area contributed by atoms with Gasteiger partial charge in [-0.2, -0.15) is 0 Å². The van der Waals surface area contributed by atoms with Gasteiger partial charge in [0, 0.05) is 29.3 Å². The second-order valence-electron chi connectivity index (χ2n) is 4.33. The van der Waals surface area contributed by atoms with Crippen LogP contribution in [0.3, 0.4) is 0 Å². The first-order valence-electron chi connectivity index (χ1n) is 6.01. The lowest BCUT2D eigenvalue weighted by Crippen LogP contribution is -2.28. The molecule has 0 atom stereocenters. The number of halogens is 1. The van der Waals surface area contributed by atoms with E-state index in [1.54, 1.807) is 6.20 Å². The Morgan fingerprint density at radius 1 is 1.42 bits per heavy atom. The summed E-state index contributed by atoms with van der Waals surface area (Å²) in [6, 6.07) is 7.80.